The number of halogens is 3. The summed E-state index contributed by atoms with van der Waals surface area (Å²) in [5.41, 5.74) is 0.156. The van der Waals surface area contributed by atoms with Crippen LogP contribution in [0, 0.1) is 0 Å². The zero-order valence-electron chi connectivity index (χ0n) is 17.3. The summed E-state index contributed by atoms with van der Waals surface area (Å²) in [5, 5.41) is 12.7. The van der Waals surface area contributed by atoms with Gasteiger partial charge < -0.3 is 15.3 Å². The van der Waals surface area contributed by atoms with Crippen LogP contribution in [0.2, 0.25) is 0 Å². The first-order valence-electron chi connectivity index (χ1n) is 9.78. The van der Waals surface area contributed by atoms with Crippen LogP contribution in [-0.4, -0.2) is 32.5 Å². The van der Waals surface area contributed by atoms with Crippen molar-refractivity contribution >= 4 is 17.5 Å². The minimum atomic E-state index is -4.46. The number of hydrogen-bond acceptors (Lipinski definition) is 6. The number of aromatic nitrogens is 3. The van der Waals surface area contributed by atoms with Gasteiger partial charge in [-0.3, -0.25) is 9.78 Å². The maximum Gasteiger partial charge on any atom is 0.416 e. The minimum Gasteiger partial charge on any atom is -0.384 e. The highest BCUT2D eigenvalue weighted by Gasteiger charge is 2.31. The molecule has 1 aliphatic heterocycles. The molecule has 0 aliphatic carbocycles. The number of rotatable bonds is 4. The molecule has 4 rings (SSSR count). The Morgan fingerprint density at radius 3 is 2.59 bits per heavy atom. The van der Waals surface area contributed by atoms with E-state index in [0.29, 0.717) is 28.3 Å². The smallest absolute Gasteiger partial charge is 0.384 e. The van der Waals surface area contributed by atoms with Crippen molar-refractivity contribution in [1.82, 2.24) is 15.0 Å². The highest BCUT2D eigenvalue weighted by molar-refractivity contribution is 5.99. The van der Waals surface area contributed by atoms with Crippen LogP contribution in [0.25, 0.3) is 11.3 Å². The highest BCUT2D eigenvalue weighted by Crippen LogP contribution is 2.32. The van der Waals surface area contributed by atoms with Gasteiger partial charge in [-0.25, -0.2) is 9.97 Å². The largest absolute Gasteiger partial charge is 0.416 e. The fourth-order valence-corrected chi connectivity index (χ4v) is 3.35. The molecule has 1 aromatic carbocycles. The number of hydrogen-bond donors (Lipinski definition) is 2. The fraction of sp³-hybridized carbons (Fsp3) is 0.273. The van der Waals surface area contributed by atoms with Crippen LogP contribution in [0.15, 0.2) is 48.8 Å². The molecule has 0 saturated heterocycles. The summed E-state index contributed by atoms with van der Waals surface area (Å²) in [5.74, 6) is 0.256. The molecule has 2 aromatic heterocycles. The van der Waals surface area contributed by atoms with Gasteiger partial charge in [0.25, 0.3) is 0 Å². The normalized spacial score (nSPS) is 14.2. The lowest BCUT2D eigenvalue weighted by molar-refractivity contribution is -0.137. The molecule has 0 radical (unpaired) electrons. The Morgan fingerprint density at radius 2 is 1.94 bits per heavy atom. The van der Waals surface area contributed by atoms with E-state index in [1.807, 2.05) is 0 Å². The van der Waals surface area contributed by atoms with Gasteiger partial charge in [0.2, 0.25) is 5.91 Å². The molecule has 168 valence electrons. The highest BCUT2D eigenvalue weighted by atomic mass is 19.4. The fourth-order valence-electron chi connectivity index (χ4n) is 3.35. The molecule has 0 atom stereocenters. The third-order valence-electron chi connectivity index (χ3n) is 4.96. The van der Waals surface area contributed by atoms with Crippen molar-refractivity contribution in [3.8, 4) is 11.3 Å². The number of amides is 1. The van der Waals surface area contributed by atoms with E-state index < -0.39 is 17.3 Å². The lowest BCUT2D eigenvalue weighted by atomic mass is 10.0. The van der Waals surface area contributed by atoms with Crippen molar-refractivity contribution in [2.45, 2.75) is 32.2 Å². The molecule has 1 aliphatic rings. The van der Waals surface area contributed by atoms with Crippen LogP contribution in [0.4, 0.5) is 24.8 Å². The number of anilines is 2. The maximum absolute atomic E-state index is 13.1. The van der Waals surface area contributed by atoms with E-state index in [4.69, 9.17) is 0 Å². The maximum atomic E-state index is 13.1. The van der Waals surface area contributed by atoms with Crippen LogP contribution in [0.5, 0.6) is 0 Å². The van der Waals surface area contributed by atoms with Gasteiger partial charge in [0, 0.05) is 19.7 Å². The number of carbonyl (C=O) groups excluding carboxylic acids is 1. The molecule has 7 nitrogen and oxygen atoms in total. The second-order valence-electron chi connectivity index (χ2n) is 8.02. The topological polar surface area (TPSA) is 91.2 Å². The van der Waals surface area contributed by atoms with Gasteiger partial charge in [0.15, 0.2) is 11.6 Å². The molecule has 32 heavy (non-hydrogen) atoms. The van der Waals surface area contributed by atoms with E-state index in [9.17, 15) is 23.1 Å². The average Bonchev–Trinajstić information content (AvgIpc) is 2.72. The monoisotopic (exact) mass is 445 g/mol. The predicted molar refractivity (Wildman–Crippen MR) is 114 cm³/mol. The molecule has 0 saturated carbocycles. The van der Waals surface area contributed by atoms with Gasteiger partial charge in [-0.2, -0.15) is 13.2 Å². The molecular weight excluding hydrogens is 423 g/mol. The summed E-state index contributed by atoms with van der Waals surface area (Å²) in [4.78, 5) is 26.8. The second kappa shape index (κ2) is 7.86. The Morgan fingerprint density at radius 1 is 1.16 bits per heavy atom. The first-order valence-corrected chi connectivity index (χ1v) is 9.78. The third kappa shape index (κ3) is 4.54. The number of fused-ring (bicyclic) bond motifs is 1. The second-order valence-corrected chi connectivity index (χ2v) is 8.02. The Labute approximate surface area is 183 Å². The number of nitrogens with one attached hydrogen (secondary N) is 1. The average molecular weight is 445 g/mol. The van der Waals surface area contributed by atoms with Gasteiger partial charge >= 0.3 is 6.18 Å². The van der Waals surface area contributed by atoms with Crippen molar-refractivity contribution in [2.75, 3.05) is 16.8 Å². The summed E-state index contributed by atoms with van der Waals surface area (Å²) in [7, 11) is 0. The van der Waals surface area contributed by atoms with Crippen LogP contribution in [-0.2, 0) is 23.1 Å². The molecule has 0 spiro atoms. The lowest BCUT2D eigenvalue weighted by Gasteiger charge is -2.29. The van der Waals surface area contributed by atoms with Gasteiger partial charge in [0.1, 0.15) is 5.60 Å². The number of aliphatic hydroxyl groups is 1. The number of alkyl halides is 3. The quantitative estimate of drug-likeness (QED) is 0.631. The van der Waals surface area contributed by atoms with Gasteiger partial charge in [0.05, 0.1) is 29.7 Å². The van der Waals surface area contributed by atoms with Crippen molar-refractivity contribution < 1.29 is 24.5 Å². The van der Waals surface area contributed by atoms with Crippen LogP contribution in [0.1, 0.15) is 32.1 Å². The van der Waals surface area contributed by atoms with E-state index in [2.05, 4.69) is 20.3 Å². The molecule has 0 bridgehead atoms. The summed E-state index contributed by atoms with van der Waals surface area (Å²) in [6.45, 7) is 3.24. The van der Waals surface area contributed by atoms with Gasteiger partial charge in [-0.05, 0) is 43.7 Å². The van der Waals surface area contributed by atoms with E-state index in [0.717, 1.165) is 12.1 Å². The number of pyridine rings is 1. The summed E-state index contributed by atoms with van der Waals surface area (Å²) in [6, 6.07) is 8.39. The van der Waals surface area contributed by atoms with E-state index in [1.165, 1.54) is 12.3 Å². The molecule has 0 unspecified atom stereocenters. The summed E-state index contributed by atoms with van der Waals surface area (Å²) < 4.78 is 39.2. The number of carbonyl (C=O) groups is 1. The van der Waals surface area contributed by atoms with Crippen molar-refractivity contribution in [3.63, 3.8) is 0 Å². The molecule has 2 N–H and O–H groups in total. The van der Waals surface area contributed by atoms with Crippen molar-refractivity contribution in [2.24, 2.45) is 0 Å². The van der Waals surface area contributed by atoms with Crippen molar-refractivity contribution in [1.29, 1.82) is 0 Å². The molecule has 3 aromatic rings. The first-order chi connectivity index (χ1) is 15.0. The van der Waals surface area contributed by atoms with Gasteiger partial charge in [-0.15, -0.1) is 0 Å². The van der Waals surface area contributed by atoms with Crippen molar-refractivity contribution in [3.05, 3.63) is 65.6 Å². The summed E-state index contributed by atoms with van der Waals surface area (Å²) >= 11 is 0. The summed E-state index contributed by atoms with van der Waals surface area (Å²) in [6.07, 6.45) is -1.42. The zero-order chi connectivity index (χ0) is 23.1. The minimum absolute atomic E-state index is 0. The van der Waals surface area contributed by atoms with Crippen LogP contribution >= 0.6 is 0 Å². The number of nitrogens with zero attached hydrogens (tertiary/aromatic N) is 4. The van der Waals surface area contributed by atoms with Crippen LogP contribution < -0.4 is 10.2 Å². The molecular formula is C22H22F3N5O2. The van der Waals surface area contributed by atoms with Crippen LogP contribution in [0.3, 0.4) is 0 Å². The first kappa shape index (κ1) is 21.7. The zero-order valence-corrected chi connectivity index (χ0v) is 17.3. The van der Waals surface area contributed by atoms with E-state index >= 15 is 0 Å². The molecule has 0 fully saturated rings. The lowest BCUT2D eigenvalue weighted by Crippen LogP contribution is -2.39. The van der Waals surface area contributed by atoms with Gasteiger partial charge in [-0.1, -0.05) is 12.1 Å². The Balaban J connectivity index is 0.00000306. The molecule has 10 heteroatoms. The third-order valence-corrected chi connectivity index (χ3v) is 4.96. The Bertz CT molecular complexity index is 1160. The van der Waals surface area contributed by atoms with E-state index in [-0.39, 0.29) is 26.2 Å². The SMILES string of the molecule is CC(C)(O)c1ccc(-c2cnc3c(n2)N(Cc2cccc(C(F)(F)F)c2)CC(=O)N3)cn1.[HH]. The molecule has 1 amide bonds. The number of benzene rings is 1. The Hall–Kier alpha value is -3.53. The molecule has 3 heterocycles. The predicted octanol–water partition coefficient (Wildman–Crippen LogP) is 3.99. The van der Waals surface area contributed by atoms with E-state index in [1.54, 1.807) is 43.1 Å². The Kier molecular flexibility index (Phi) is 5.33. The standard InChI is InChI=1S/C22H20F3N5O2.H2/c1-21(2,32)17-7-6-14(9-26-17)16-10-27-19-20(28-16)30(12-18(31)29-19)11-13-4-3-5-15(8-13)22(23,24)25;/h3-10,32H,11-12H2,1-2H3,(H,27,29,31);1H.